The van der Waals surface area contributed by atoms with Gasteiger partial charge in [-0.2, -0.15) is 8.78 Å². The molecule has 0 aliphatic heterocycles. The summed E-state index contributed by atoms with van der Waals surface area (Å²) in [6, 6.07) is 7.52. The fourth-order valence-electron chi connectivity index (χ4n) is 1.97. The number of halogens is 2. The summed E-state index contributed by atoms with van der Waals surface area (Å²) in [5, 5.41) is 3.34. The van der Waals surface area contributed by atoms with E-state index >= 15 is 0 Å². The zero-order chi connectivity index (χ0) is 13.7. The number of nitrogens with zero attached hydrogens (tertiary/aromatic N) is 1. The van der Waals surface area contributed by atoms with Crippen LogP contribution in [0.2, 0.25) is 0 Å². The first-order valence-electron chi connectivity index (χ1n) is 6.60. The zero-order valence-corrected chi connectivity index (χ0v) is 11.1. The van der Waals surface area contributed by atoms with Gasteiger partial charge >= 0.3 is 6.61 Å². The maximum Gasteiger partial charge on any atom is 0.387 e. The first-order valence-corrected chi connectivity index (χ1v) is 6.60. The summed E-state index contributed by atoms with van der Waals surface area (Å²) in [6.45, 7) is -0.0468. The summed E-state index contributed by atoms with van der Waals surface area (Å²) >= 11 is 0. The molecule has 19 heavy (non-hydrogen) atoms. The molecule has 1 saturated carbocycles. The van der Waals surface area contributed by atoms with Gasteiger partial charge < -0.3 is 15.0 Å². The van der Waals surface area contributed by atoms with E-state index in [2.05, 4.69) is 22.0 Å². The molecule has 3 nitrogen and oxygen atoms in total. The highest BCUT2D eigenvalue weighted by Crippen LogP contribution is 2.24. The van der Waals surface area contributed by atoms with Gasteiger partial charge in [0.05, 0.1) is 0 Å². The lowest BCUT2D eigenvalue weighted by Crippen LogP contribution is -2.30. The van der Waals surface area contributed by atoms with Crippen LogP contribution in [-0.2, 0) is 6.54 Å². The van der Waals surface area contributed by atoms with Gasteiger partial charge in [-0.3, -0.25) is 0 Å². The van der Waals surface area contributed by atoms with Gasteiger partial charge in [-0.15, -0.1) is 0 Å². The van der Waals surface area contributed by atoms with Gasteiger partial charge in [0.15, 0.2) is 0 Å². The van der Waals surface area contributed by atoms with E-state index < -0.39 is 6.61 Å². The fourth-order valence-corrected chi connectivity index (χ4v) is 1.97. The molecule has 1 N–H and O–H groups in total. The molecule has 5 heteroatoms. The number of hydrogen-bond acceptors (Lipinski definition) is 3. The van der Waals surface area contributed by atoms with Crippen LogP contribution >= 0.6 is 0 Å². The highest BCUT2D eigenvalue weighted by Gasteiger charge is 2.25. The van der Waals surface area contributed by atoms with Crippen LogP contribution in [0.4, 0.5) is 8.78 Å². The first kappa shape index (κ1) is 14.2. The van der Waals surface area contributed by atoms with Crippen molar-refractivity contribution in [3.8, 4) is 5.75 Å². The third-order valence-corrected chi connectivity index (χ3v) is 3.29. The van der Waals surface area contributed by atoms with Crippen LogP contribution in [0.1, 0.15) is 18.4 Å². The Morgan fingerprint density at radius 2 is 2.00 bits per heavy atom. The molecular formula is C14H20F2N2O. The summed E-state index contributed by atoms with van der Waals surface area (Å²) < 4.78 is 28.3. The van der Waals surface area contributed by atoms with Crippen molar-refractivity contribution in [3.63, 3.8) is 0 Å². The van der Waals surface area contributed by atoms with Gasteiger partial charge in [0.1, 0.15) is 5.75 Å². The van der Waals surface area contributed by atoms with Crippen molar-refractivity contribution in [1.29, 1.82) is 0 Å². The maximum atomic E-state index is 12.0. The average molecular weight is 270 g/mol. The lowest BCUT2D eigenvalue weighted by Gasteiger charge is -2.15. The summed E-state index contributed by atoms with van der Waals surface area (Å²) in [7, 11) is 2.15. The van der Waals surface area contributed by atoms with Gasteiger partial charge in [-0.25, -0.2) is 0 Å². The molecule has 1 aromatic carbocycles. The Kier molecular flexibility index (Phi) is 5.10. The highest BCUT2D eigenvalue weighted by molar-refractivity contribution is 5.27. The Bertz CT molecular complexity index is 380. The number of rotatable bonds is 8. The molecule has 0 amide bonds. The Morgan fingerprint density at radius 1 is 1.32 bits per heavy atom. The van der Waals surface area contributed by atoms with Crippen molar-refractivity contribution in [3.05, 3.63) is 29.8 Å². The summed E-state index contributed by atoms with van der Waals surface area (Å²) in [5.74, 6) is 0.201. The molecule has 0 radical (unpaired) electrons. The van der Waals surface area contributed by atoms with Crippen molar-refractivity contribution in [2.75, 3.05) is 20.1 Å². The normalized spacial score (nSPS) is 15.2. The van der Waals surface area contributed by atoms with E-state index in [9.17, 15) is 8.78 Å². The van der Waals surface area contributed by atoms with Crippen LogP contribution in [0.15, 0.2) is 24.3 Å². The topological polar surface area (TPSA) is 24.5 Å². The molecule has 1 aromatic rings. The van der Waals surface area contributed by atoms with Gasteiger partial charge in [0.2, 0.25) is 0 Å². The summed E-state index contributed by atoms with van der Waals surface area (Å²) in [6.07, 6.45) is 2.64. The van der Waals surface area contributed by atoms with Gasteiger partial charge in [0.25, 0.3) is 0 Å². The average Bonchev–Trinajstić information content (AvgIpc) is 3.20. The number of nitrogens with one attached hydrogen (secondary N) is 1. The fraction of sp³-hybridized carbons (Fsp3) is 0.571. The Morgan fingerprint density at radius 3 is 2.58 bits per heavy atom. The van der Waals surface area contributed by atoms with Gasteiger partial charge in [0, 0.05) is 25.7 Å². The molecule has 0 unspecified atom stereocenters. The lowest BCUT2D eigenvalue weighted by atomic mass is 10.2. The van der Waals surface area contributed by atoms with Crippen molar-refractivity contribution in [1.82, 2.24) is 10.2 Å². The van der Waals surface area contributed by atoms with E-state index in [0.717, 1.165) is 31.2 Å². The van der Waals surface area contributed by atoms with Crippen LogP contribution in [-0.4, -0.2) is 37.7 Å². The SMILES string of the molecule is CN(CCNCc1ccc(OC(F)F)cc1)C1CC1. The zero-order valence-electron chi connectivity index (χ0n) is 11.1. The van der Waals surface area contributed by atoms with Gasteiger partial charge in [-0.1, -0.05) is 12.1 Å². The van der Waals surface area contributed by atoms with Gasteiger partial charge in [-0.05, 0) is 37.6 Å². The van der Waals surface area contributed by atoms with Crippen LogP contribution in [0, 0.1) is 0 Å². The maximum absolute atomic E-state index is 12.0. The van der Waals surface area contributed by atoms with E-state index in [0.29, 0.717) is 0 Å². The number of ether oxygens (including phenoxy) is 1. The standard InChI is InChI=1S/C14H20F2N2O/c1-18(12-4-5-12)9-8-17-10-11-2-6-13(7-3-11)19-14(15)16/h2-3,6-7,12,14,17H,4-5,8-10H2,1H3. The minimum Gasteiger partial charge on any atom is -0.435 e. The van der Waals surface area contributed by atoms with Crippen molar-refractivity contribution in [2.45, 2.75) is 32.0 Å². The third-order valence-electron chi connectivity index (χ3n) is 3.29. The largest absolute Gasteiger partial charge is 0.435 e. The molecule has 0 bridgehead atoms. The minimum absolute atomic E-state index is 0.201. The number of benzene rings is 1. The molecule has 106 valence electrons. The second kappa shape index (κ2) is 6.82. The minimum atomic E-state index is -2.76. The summed E-state index contributed by atoms with van der Waals surface area (Å²) in [4.78, 5) is 2.37. The predicted molar refractivity (Wildman–Crippen MR) is 70.4 cm³/mol. The van der Waals surface area contributed by atoms with Crippen LogP contribution in [0.25, 0.3) is 0 Å². The highest BCUT2D eigenvalue weighted by atomic mass is 19.3. The smallest absolute Gasteiger partial charge is 0.387 e. The van der Waals surface area contributed by atoms with Crippen molar-refractivity contribution < 1.29 is 13.5 Å². The molecule has 0 spiro atoms. The van der Waals surface area contributed by atoms with E-state index in [1.165, 1.54) is 12.8 Å². The molecule has 2 rings (SSSR count). The van der Waals surface area contributed by atoms with E-state index in [1.807, 2.05) is 0 Å². The van der Waals surface area contributed by atoms with Crippen LogP contribution in [0.3, 0.4) is 0 Å². The first-order chi connectivity index (χ1) is 9.15. The molecular weight excluding hydrogens is 250 g/mol. The third kappa shape index (κ3) is 5.12. The predicted octanol–water partition coefficient (Wildman–Crippen LogP) is 2.47. The molecule has 0 aromatic heterocycles. The second-order valence-corrected chi connectivity index (χ2v) is 4.91. The van der Waals surface area contributed by atoms with E-state index in [4.69, 9.17) is 0 Å². The monoisotopic (exact) mass is 270 g/mol. The van der Waals surface area contributed by atoms with E-state index in [1.54, 1.807) is 24.3 Å². The number of hydrogen-bond donors (Lipinski definition) is 1. The molecule has 0 heterocycles. The lowest BCUT2D eigenvalue weighted by molar-refractivity contribution is -0.0498. The van der Waals surface area contributed by atoms with Crippen LogP contribution in [0.5, 0.6) is 5.75 Å². The Balaban J connectivity index is 1.64. The Hall–Kier alpha value is -1.20. The van der Waals surface area contributed by atoms with Crippen LogP contribution < -0.4 is 10.1 Å². The molecule has 1 fully saturated rings. The summed E-state index contributed by atoms with van der Waals surface area (Å²) in [5.41, 5.74) is 1.07. The molecule has 1 aliphatic rings. The second-order valence-electron chi connectivity index (χ2n) is 4.91. The quantitative estimate of drug-likeness (QED) is 0.734. The number of alkyl halides is 2. The molecule has 0 atom stereocenters. The van der Waals surface area contributed by atoms with Crippen molar-refractivity contribution in [2.24, 2.45) is 0 Å². The molecule has 1 aliphatic carbocycles. The molecule has 0 saturated heterocycles. The number of likely N-dealkylation sites (N-methyl/N-ethyl adjacent to an activating group) is 1. The van der Waals surface area contributed by atoms with E-state index in [-0.39, 0.29) is 5.75 Å². The van der Waals surface area contributed by atoms with Crippen molar-refractivity contribution >= 4 is 0 Å². The Labute approximate surface area is 112 Å².